The minimum Gasteiger partial charge on any atom is -0.0616 e. The van der Waals surface area contributed by atoms with Gasteiger partial charge in [-0.3, -0.25) is 0 Å². The van der Waals surface area contributed by atoms with Gasteiger partial charge in [-0.05, 0) is 36.6 Å². The fourth-order valence-electron chi connectivity index (χ4n) is 1.68. The van der Waals surface area contributed by atoms with Gasteiger partial charge >= 0.3 is 0 Å². The zero-order valence-electron chi connectivity index (χ0n) is 8.54. The summed E-state index contributed by atoms with van der Waals surface area (Å²) in [6, 6.07) is 17.8. The smallest absolute Gasteiger partial charge is 0.00991 e. The predicted molar refractivity (Wildman–Crippen MR) is 60.2 cm³/mol. The molecular weight excluding hydrogens is 168 g/mol. The van der Waals surface area contributed by atoms with E-state index in [9.17, 15) is 0 Å². The lowest BCUT2D eigenvalue weighted by atomic mass is 9.99. The Morgan fingerprint density at radius 3 is 2.50 bits per heavy atom. The van der Waals surface area contributed by atoms with Crippen LogP contribution in [-0.2, 0) is 0 Å². The van der Waals surface area contributed by atoms with Crippen molar-refractivity contribution >= 4 is 0 Å². The van der Waals surface area contributed by atoms with Crippen LogP contribution in [0.5, 0.6) is 0 Å². The van der Waals surface area contributed by atoms with E-state index in [2.05, 4.69) is 44.2 Å². The minimum atomic E-state index is 1.17. The third kappa shape index (κ3) is 1.69. The minimum absolute atomic E-state index is 1.17. The molecule has 0 heteroatoms. The molecule has 69 valence electrons. The van der Waals surface area contributed by atoms with E-state index in [1.165, 1.54) is 22.3 Å². The molecule has 0 aliphatic rings. The van der Waals surface area contributed by atoms with Crippen LogP contribution >= 0.6 is 0 Å². The molecule has 0 aliphatic carbocycles. The first-order valence-corrected chi connectivity index (χ1v) is 4.82. The maximum absolute atomic E-state index is 3.24. The van der Waals surface area contributed by atoms with Crippen molar-refractivity contribution in [2.45, 2.75) is 13.8 Å². The van der Waals surface area contributed by atoms with Crippen LogP contribution in [0.3, 0.4) is 0 Å². The summed E-state index contributed by atoms with van der Waals surface area (Å²) < 4.78 is 0. The molecule has 0 heterocycles. The number of rotatable bonds is 1. The molecule has 14 heavy (non-hydrogen) atoms. The molecule has 1 radical (unpaired) electrons. The normalized spacial score (nSPS) is 10.1. The molecule has 0 atom stereocenters. The first-order valence-electron chi connectivity index (χ1n) is 4.82. The van der Waals surface area contributed by atoms with Gasteiger partial charge in [-0.1, -0.05) is 48.0 Å². The third-order valence-electron chi connectivity index (χ3n) is 2.38. The number of hydrogen-bond acceptors (Lipinski definition) is 0. The lowest BCUT2D eigenvalue weighted by Crippen LogP contribution is -1.84. The summed E-state index contributed by atoms with van der Waals surface area (Å²) in [6.07, 6.45) is 0. The Morgan fingerprint density at radius 1 is 1.00 bits per heavy atom. The van der Waals surface area contributed by atoms with Crippen molar-refractivity contribution in [1.29, 1.82) is 0 Å². The lowest BCUT2D eigenvalue weighted by Gasteiger charge is -2.06. The van der Waals surface area contributed by atoms with Crippen molar-refractivity contribution in [2.24, 2.45) is 0 Å². The molecule has 0 aromatic heterocycles. The van der Waals surface area contributed by atoms with Gasteiger partial charge in [0, 0.05) is 0 Å². The van der Waals surface area contributed by atoms with Crippen LogP contribution in [0.15, 0.2) is 42.5 Å². The molecule has 0 spiro atoms. The van der Waals surface area contributed by atoms with Crippen LogP contribution in [0, 0.1) is 19.9 Å². The van der Waals surface area contributed by atoms with Crippen LogP contribution in [-0.4, -0.2) is 0 Å². The molecule has 2 rings (SSSR count). The quantitative estimate of drug-likeness (QED) is 0.628. The summed E-state index contributed by atoms with van der Waals surface area (Å²) in [5, 5.41) is 0. The second-order valence-corrected chi connectivity index (χ2v) is 3.59. The monoisotopic (exact) mass is 181 g/mol. The first kappa shape index (κ1) is 9.01. The second kappa shape index (κ2) is 3.67. The van der Waals surface area contributed by atoms with Gasteiger partial charge < -0.3 is 0 Å². The van der Waals surface area contributed by atoms with Crippen molar-refractivity contribution in [2.75, 3.05) is 0 Å². The average Bonchev–Trinajstić information content (AvgIpc) is 2.19. The summed E-state index contributed by atoms with van der Waals surface area (Å²) in [7, 11) is 0. The summed E-state index contributed by atoms with van der Waals surface area (Å²) >= 11 is 0. The maximum Gasteiger partial charge on any atom is -0.00991 e. The van der Waals surface area contributed by atoms with Gasteiger partial charge in [0.25, 0.3) is 0 Å². The Kier molecular flexibility index (Phi) is 2.36. The van der Waals surface area contributed by atoms with E-state index in [1.54, 1.807) is 0 Å². The fraction of sp³-hybridized carbons (Fsp3) is 0.143. The van der Waals surface area contributed by atoms with Crippen molar-refractivity contribution in [1.82, 2.24) is 0 Å². The molecule has 0 bridgehead atoms. The van der Waals surface area contributed by atoms with E-state index in [1.807, 2.05) is 18.2 Å². The topological polar surface area (TPSA) is 0 Å². The van der Waals surface area contributed by atoms with Gasteiger partial charge in [0.05, 0.1) is 0 Å². The Labute approximate surface area is 85.2 Å². The molecule has 0 aliphatic heterocycles. The number of aryl methyl sites for hydroxylation is 2. The highest BCUT2D eigenvalue weighted by atomic mass is 14.0. The van der Waals surface area contributed by atoms with E-state index in [4.69, 9.17) is 0 Å². The SMILES string of the molecule is Cc1ccc(-c2[c]cccc2)c(C)c1. The molecule has 2 aromatic carbocycles. The zero-order valence-corrected chi connectivity index (χ0v) is 8.54. The van der Waals surface area contributed by atoms with E-state index in [0.29, 0.717) is 0 Å². The van der Waals surface area contributed by atoms with Crippen molar-refractivity contribution in [3.8, 4) is 11.1 Å². The van der Waals surface area contributed by atoms with E-state index in [-0.39, 0.29) is 0 Å². The van der Waals surface area contributed by atoms with Gasteiger partial charge in [-0.15, -0.1) is 0 Å². The molecule has 0 saturated carbocycles. The number of hydrogen-bond donors (Lipinski definition) is 0. The van der Waals surface area contributed by atoms with Gasteiger partial charge in [-0.25, -0.2) is 0 Å². The predicted octanol–water partition coefficient (Wildman–Crippen LogP) is 3.77. The van der Waals surface area contributed by atoms with Crippen LogP contribution in [0.25, 0.3) is 11.1 Å². The summed E-state index contributed by atoms with van der Waals surface area (Å²) in [6.45, 7) is 4.26. The summed E-state index contributed by atoms with van der Waals surface area (Å²) in [5.41, 5.74) is 5.07. The first-order chi connectivity index (χ1) is 6.77. The van der Waals surface area contributed by atoms with Crippen molar-refractivity contribution in [3.63, 3.8) is 0 Å². The Morgan fingerprint density at radius 2 is 1.86 bits per heavy atom. The summed E-state index contributed by atoms with van der Waals surface area (Å²) in [5.74, 6) is 0. The molecule has 0 amide bonds. The Balaban J connectivity index is 2.53. The van der Waals surface area contributed by atoms with Crippen LogP contribution in [0.4, 0.5) is 0 Å². The zero-order chi connectivity index (χ0) is 9.97. The van der Waals surface area contributed by atoms with E-state index in [0.717, 1.165) is 0 Å². The molecule has 0 saturated heterocycles. The highest BCUT2D eigenvalue weighted by Gasteiger charge is 2.00. The largest absolute Gasteiger partial charge is 0.0616 e. The molecule has 2 aromatic rings. The van der Waals surface area contributed by atoms with Gasteiger partial charge in [0.1, 0.15) is 0 Å². The van der Waals surface area contributed by atoms with Gasteiger partial charge in [0.15, 0.2) is 0 Å². The highest BCUT2D eigenvalue weighted by molar-refractivity contribution is 5.66. The second-order valence-electron chi connectivity index (χ2n) is 3.59. The number of benzene rings is 2. The lowest BCUT2D eigenvalue weighted by molar-refractivity contribution is 1.38. The van der Waals surface area contributed by atoms with Crippen molar-refractivity contribution < 1.29 is 0 Å². The van der Waals surface area contributed by atoms with Crippen molar-refractivity contribution in [3.05, 3.63) is 59.7 Å². The summed E-state index contributed by atoms with van der Waals surface area (Å²) in [4.78, 5) is 0. The van der Waals surface area contributed by atoms with E-state index < -0.39 is 0 Å². The fourth-order valence-corrected chi connectivity index (χ4v) is 1.68. The molecule has 0 N–H and O–H groups in total. The molecular formula is C14H13. The van der Waals surface area contributed by atoms with Crippen LogP contribution < -0.4 is 0 Å². The highest BCUT2D eigenvalue weighted by Crippen LogP contribution is 2.23. The van der Waals surface area contributed by atoms with Crippen LogP contribution in [0.2, 0.25) is 0 Å². The maximum atomic E-state index is 3.24. The van der Waals surface area contributed by atoms with Crippen LogP contribution in [0.1, 0.15) is 11.1 Å². The molecule has 0 unspecified atom stereocenters. The standard InChI is InChI=1S/C14H13/c1-11-8-9-14(12(2)10-11)13-6-4-3-5-7-13/h3-6,8-10H,1-2H3. The Hall–Kier alpha value is -1.56. The Bertz CT molecular complexity index is 427. The third-order valence-corrected chi connectivity index (χ3v) is 2.38. The van der Waals surface area contributed by atoms with E-state index >= 15 is 0 Å². The van der Waals surface area contributed by atoms with Gasteiger partial charge in [-0.2, -0.15) is 0 Å². The average molecular weight is 181 g/mol. The molecule has 0 nitrogen and oxygen atoms in total. The molecule has 0 fully saturated rings. The van der Waals surface area contributed by atoms with Gasteiger partial charge in [0.2, 0.25) is 0 Å².